The van der Waals surface area contributed by atoms with Gasteiger partial charge in [-0.15, -0.1) is 0 Å². The summed E-state index contributed by atoms with van der Waals surface area (Å²) in [5.41, 5.74) is -1.15. The van der Waals surface area contributed by atoms with Gasteiger partial charge < -0.3 is 20.0 Å². The fourth-order valence-electron chi connectivity index (χ4n) is 2.49. The number of hydrogen-bond donors (Lipinski definition) is 3. The van der Waals surface area contributed by atoms with Crippen molar-refractivity contribution in [2.45, 2.75) is 26.3 Å². The van der Waals surface area contributed by atoms with E-state index < -0.39 is 10.9 Å². The molecule has 3 aromatic rings. The molecule has 0 radical (unpaired) electrons. The van der Waals surface area contributed by atoms with Crippen molar-refractivity contribution in [1.29, 1.82) is 0 Å². The first-order valence-electron chi connectivity index (χ1n) is 7.62. The molecule has 1 aromatic carbocycles. The second kappa shape index (κ2) is 6.19. The van der Waals surface area contributed by atoms with Crippen LogP contribution in [0.15, 0.2) is 49.3 Å². The summed E-state index contributed by atoms with van der Waals surface area (Å²) in [5.74, 6) is 1.45. The molecule has 24 heavy (non-hydrogen) atoms. The van der Waals surface area contributed by atoms with E-state index in [2.05, 4.69) is 15.6 Å². The van der Waals surface area contributed by atoms with Crippen LogP contribution in [-0.4, -0.2) is 4.98 Å². The molecule has 0 aliphatic carbocycles. The first-order valence-corrected chi connectivity index (χ1v) is 7.62. The monoisotopic (exact) mass is 327 g/mol. The fraction of sp³-hybridized carbons (Fsp3) is 0.235. The average Bonchev–Trinajstić information content (AvgIpc) is 3.01. The van der Waals surface area contributed by atoms with E-state index in [1.165, 1.54) is 12.3 Å². The summed E-state index contributed by atoms with van der Waals surface area (Å²) in [7, 11) is 0. The van der Waals surface area contributed by atoms with E-state index in [9.17, 15) is 14.4 Å². The Kier molecular flexibility index (Phi) is 4.07. The van der Waals surface area contributed by atoms with Crippen LogP contribution in [0, 0.1) is 6.92 Å². The number of pyridine rings is 1. The van der Waals surface area contributed by atoms with Gasteiger partial charge in [-0.2, -0.15) is 0 Å². The topological polar surface area (TPSA) is 104 Å². The number of nitrogens with one attached hydrogen (secondary N) is 3. The Bertz CT molecular complexity index is 992. The first-order chi connectivity index (χ1) is 11.5. The first kappa shape index (κ1) is 15.8. The summed E-state index contributed by atoms with van der Waals surface area (Å²) in [6.07, 6.45) is 2.15. The maximum atomic E-state index is 11.9. The molecule has 0 saturated carbocycles. The van der Waals surface area contributed by atoms with Gasteiger partial charge in [0.2, 0.25) is 0 Å². The van der Waals surface area contributed by atoms with Crippen LogP contribution in [0.3, 0.4) is 0 Å². The van der Waals surface area contributed by atoms with Gasteiger partial charge in [-0.1, -0.05) is 6.92 Å². The number of hydrogen-bond acceptors (Lipinski definition) is 6. The van der Waals surface area contributed by atoms with E-state index >= 15 is 0 Å². The van der Waals surface area contributed by atoms with Crippen molar-refractivity contribution in [3.05, 3.63) is 72.8 Å². The highest BCUT2D eigenvalue weighted by atomic mass is 16.3. The van der Waals surface area contributed by atoms with E-state index in [-0.39, 0.29) is 28.7 Å². The van der Waals surface area contributed by atoms with Crippen LogP contribution in [0.2, 0.25) is 0 Å². The third-order valence-corrected chi connectivity index (χ3v) is 3.82. The van der Waals surface area contributed by atoms with Crippen molar-refractivity contribution in [2.24, 2.45) is 0 Å². The Hall–Kier alpha value is -3.09. The summed E-state index contributed by atoms with van der Waals surface area (Å²) in [5, 5.41) is 5.78. The maximum Gasteiger partial charge on any atom is 0.271 e. The van der Waals surface area contributed by atoms with Gasteiger partial charge in [0.1, 0.15) is 28.6 Å². The normalized spacial score (nSPS) is 12.2. The van der Waals surface area contributed by atoms with E-state index in [1.807, 2.05) is 26.0 Å². The minimum Gasteiger partial charge on any atom is -0.464 e. The Morgan fingerprint density at radius 2 is 1.88 bits per heavy atom. The van der Waals surface area contributed by atoms with E-state index in [1.54, 1.807) is 6.07 Å². The quantitative estimate of drug-likeness (QED) is 0.600. The highest BCUT2D eigenvalue weighted by Crippen LogP contribution is 2.27. The molecule has 124 valence electrons. The number of rotatable bonds is 6. The van der Waals surface area contributed by atoms with Crippen molar-refractivity contribution < 1.29 is 4.42 Å². The summed E-state index contributed by atoms with van der Waals surface area (Å²) in [4.78, 5) is 38.0. The molecular formula is C17H17N3O4. The average molecular weight is 327 g/mol. The number of anilines is 3. The Labute approximate surface area is 137 Å². The van der Waals surface area contributed by atoms with Gasteiger partial charge in [-0.05, 0) is 37.6 Å². The lowest BCUT2D eigenvalue weighted by atomic mass is 10.1. The third-order valence-electron chi connectivity index (χ3n) is 3.82. The molecule has 7 heteroatoms. The Morgan fingerprint density at radius 1 is 1.12 bits per heavy atom. The van der Waals surface area contributed by atoms with Gasteiger partial charge in [-0.3, -0.25) is 14.4 Å². The summed E-state index contributed by atoms with van der Waals surface area (Å²) in [6.45, 7) is 3.78. The summed E-state index contributed by atoms with van der Waals surface area (Å²) >= 11 is 0. The Balaban J connectivity index is 1.88. The van der Waals surface area contributed by atoms with Crippen molar-refractivity contribution in [2.75, 3.05) is 10.6 Å². The van der Waals surface area contributed by atoms with Gasteiger partial charge in [0.05, 0.1) is 6.04 Å². The minimum absolute atomic E-state index is 0.0958. The van der Waals surface area contributed by atoms with E-state index in [0.717, 1.165) is 5.76 Å². The van der Waals surface area contributed by atoms with Crippen LogP contribution in [-0.2, 0) is 0 Å². The SMILES string of the molecule is CCC(Nc1c(Nc2ccc[nH]c2=O)c(=O)c1=O)c1ccc(C)o1. The highest BCUT2D eigenvalue weighted by molar-refractivity contribution is 5.78. The van der Waals surface area contributed by atoms with Crippen LogP contribution in [0.1, 0.15) is 30.9 Å². The summed E-state index contributed by atoms with van der Waals surface area (Å²) < 4.78 is 5.58. The molecule has 1 unspecified atom stereocenters. The second-order valence-electron chi connectivity index (χ2n) is 5.50. The third kappa shape index (κ3) is 2.76. The molecule has 0 aliphatic rings. The maximum absolute atomic E-state index is 11.9. The van der Waals surface area contributed by atoms with Crippen molar-refractivity contribution in [3.8, 4) is 0 Å². The van der Waals surface area contributed by atoms with Crippen molar-refractivity contribution >= 4 is 17.1 Å². The number of H-pyrrole nitrogens is 1. The number of furan rings is 1. The molecule has 0 bridgehead atoms. The van der Waals surface area contributed by atoms with Crippen LogP contribution >= 0.6 is 0 Å². The van der Waals surface area contributed by atoms with Crippen LogP contribution in [0.5, 0.6) is 0 Å². The predicted molar refractivity (Wildman–Crippen MR) is 91.8 cm³/mol. The summed E-state index contributed by atoms with van der Waals surface area (Å²) in [6, 6.07) is 6.59. The minimum atomic E-state index is -0.647. The van der Waals surface area contributed by atoms with Gasteiger partial charge in [0.25, 0.3) is 16.4 Å². The largest absolute Gasteiger partial charge is 0.464 e. The molecule has 0 aliphatic heterocycles. The van der Waals surface area contributed by atoms with Crippen LogP contribution < -0.4 is 27.1 Å². The van der Waals surface area contributed by atoms with E-state index in [4.69, 9.17) is 4.42 Å². The molecule has 0 saturated heterocycles. The smallest absolute Gasteiger partial charge is 0.271 e. The Morgan fingerprint density at radius 3 is 2.50 bits per heavy atom. The predicted octanol–water partition coefficient (Wildman–Crippen LogP) is 2.18. The van der Waals surface area contributed by atoms with Gasteiger partial charge >= 0.3 is 0 Å². The zero-order chi connectivity index (χ0) is 17.3. The fourth-order valence-corrected chi connectivity index (χ4v) is 2.49. The number of aromatic nitrogens is 1. The van der Waals surface area contributed by atoms with Gasteiger partial charge in [-0.25, -0.2) is 0 Å². The molecule has 2 heterocycles. The molecule has 2 aromatic heterocycles. The van der Waals surface area contributed by atoms with Crippen LogP contribution in [0.25, 0.3) is 0 Å². The lowest BCUT2D eigenvalue weighted by Crippen LogP contribution is -2.38. The zero-order valence-electron chi connectivity index (χ0n) is 13.3. The van der Waals surface area contributed by atoms with Crippen LogP contribution in [0.4, 0.5) is 17.1 Å². The molecular weight excluding hydrogens is 310 g/mol. The molecule has 7 nitrogen and oxygen atoms in total. The molecule has 0 amide bonds. The highest BCUT2D eigenvalue weighted by Gasteiger charge is 2.25. The standard InChI is InChI=1S/C17H17N3O4/c1-3-10(12-7-6-9(2)24-12)19-13-14(16(22)15(13)21)20-11-5-4-8-18-17(11)23/h4-8,10,19-20H,3H2,1-2H3,(H,18,23). The number of aromatic amines is 1. The molecule has 3 N–H and O–H groups in total. The molecule has 0 spiro atoms. The lowest BCUT2D eigenvalue weighted by Gasteiger charge is -2.20. The number of aryl methyl sites for hydroxylation is 1. The van der Waals surface area contributed by atoms with Gasteiger partial charge in [0.15, 0.2) is 0 Å². The van der Waals surface area contributed by atoms with Crippen molar-refractivity contribution in [1.82, 2.24) is 4.98 Å². The van der Waals surface area contributed by atoms with E-state index in [0.29, 0.717) is 12.2 Å². The lowest BCUT2D eigenvalue weighted by molar-refractivity contribution is 0.452. The van der Waals surface area contributed by atoms with Gasteiger partial charge in [0, 0.05) is 6.20 Å². The molecule has 1 atom stereocenters. The van der Waals surface area contributed by atoms with Crippen molar-refractivity contribution in [3.63, 3.8) is 0 Å². The second-order valence-corrected chi connectivity index (χ2v) is 5.50. The zero-order valence-corrected chi connectivity index (χ0v) is 13.3. The molecule has 0 fully saturated rings. The molecule has 3 rings (SSSR count).